The van der Waals surface area contributed by atoms with Crippen molar-refractivity contribution in [1.29, 1.82) is 0 Å². The Morgan fingerprint density at radius 3 is 2.10 bits per heavy atom. The second-order valence-electron chi connectivity index (χ2n) is 9.75. The van der Waals surface area contributed by atoms with Crippen LogP contribution in [0.4, 0.5) is 0 Å². The molecule has 1 fully saturated rings. The molecule has 211 valence electrons. The Labute approximate surface area is 232 Å². The summed E-state index contributed by atoms with van der Waals surface area (Å²) in [6, 6.07) is 14.2. The van der Waals surface area contributed by atoms with Crippen molar-refractivity contribution in [2.75, 3.05) is 7.05 Å². The molecule has 1 aliphatic rings. The Morgan fingerprint density at radius 1 is 0.975 bits per heavy atom. The molecule has 0 spiro atoms. The standard InChI is InChI=1S/C29H34N5O6/c1-34(21(18-35)16-19-8-4-2-5-9-19)29(40)24(17-20-10-6-3-7-11-20)33-28(39)23(12-14-25(30)36)32-27(38)22-13-15-26(37)31-22/h2-11,21-24H,12-17H2,1H3,(H2,30,36)(H,31,37)(H,32,38)(H,33,39)/t21-,22-,23-,24-/m0/s1. The third kappa shape index (κ3) is 8.75. The van der Waals surface area contributed by atoms with E-state index in [1.165, 1.54) is 11.9 Å². The van der Waals surface area contributed by atoms with E-state index in [1.54, 1.807) is 24.3 Å². The van der Waals surface area contributed by atoms with E-state index in [0.717, 1.165) is 11.1 Å². The summed E-state index contributed by atoms with van der Waals surface area (Å²) in [5.41, 5.74) is 6.88. The first-order valence-electron chi connectivity index (χ1n) is 13.1. The normalized spacial score (nSPS) is 16.6. The number of hydrogen-bond donors (Lipinski definition) is 4. The first-order chi connectivity index (χ1) is 19.2. The molecule has 5 N–H and O–H groups in total. The van der Waals surface area contributed by atoms with E-state index in [1.807, 2.05) is 42.7 Å². The SMILES string of the molecule is CN(C(=O)[C@H](Cc1ccccc1)NC(=O)[C@H](CCC(N)=O)NC(=O)[C@@H]1CCC(=O)N1)[C@H]([C]=O)Cc1ccccc1. The third-order valence-electron chi connectivity index (χ3n) is 6.74. The van der Waals surface area contributed by atoms with Crippen LogP contribution >= 0.6 is 0 Å². The summed E-state index contributed by atoms with van der Waals surface area (Å²) in [4.78, 5) is 75.9. The van der Waals surface area contributed by atoms with Gasteiger partial charge in [-0.15, -0.1) is 0 Å². The molecule has 2 aromatic rings. The monoisotopic (exact) mass is 548 g/mol. The van der Waals surface area contributed by atoms with E-state index in [4.69, 9.17) is 5.73 Å². The molecular weight excluding hydrogens is 514 g/mol. The molecule has 5 amide bonds. The first-order valence-corrected chi connectivity index (χ1v) is 13.1. The van der Waals surface area contributed by atoms with Crippen molar-refractivity contribution < 1.29 is 28.8 Å². The van der Waals surface area contributed by atoms with Crippen LogP contribution in [0.1, 0.15) is 36.8 Å². The van der Waals surface area contributed by atoms with Gasteiger partial charge < -0.3 is 26.6 Å². The van der Waals surface area contributed by atoms with Crippen LogP contribution in [0.15, 0.2) is 60.7 Å². The molecular formula is C29H34N5O6. The van der Waals surface area contributed by atoms with Crippen molar-refractivity contribution >= 4 is 35.8 Å². The highest BCUT2D eigenvalue weighted by Gasteiger charge is 2.34. The average Bonchev–Trinajstić information content (AvgIpc) is 3.40. The van der Waals surface area contributed by atoms with Crippen LogP contribution in [0.2, 0.25) is 0 Å². The quantitative estimate of drug-likeness (QED) is 0.258. The Hall–Kier alpha value is -4.54. The van der Waals surface area contributed by atoms with Crippen LogP contribution < -0.4 is 21.7 Å². The average molecular weight is 549 g/mol. The van der Waals surface area contributed by atoms with Gasteiger partial charge in [-0.2, -0.15) is 0 Å². The second-order valence-corrected chi connectivity index (χ2v) is 9.75. The van der Waals surface area contributed by atoms with Crippen LogP contribution in [0.3, 0.4) is 0 Å². The van der Waals surface area contributed by atoms with Crippen LogP contribution in [-0.2, 0) is 41.6 Å². The van der Waals surface area contributed by atoms with Gasteiger partial charge in [0.1, 0.15) is 24.2 Å². The van der Waals surface area contributed by atoms with Crippen molar-refractivity contribution in [1.82, 2.24) is 20.9 Å². The Morgan fingerprint density at radius 2 is 1.57 bits per heavy atom. The number of rotatable bonds is 14. The number of likely N-dealkylation sites (N-methyl/N-ethyl adjacent to an activating group) is 1. The summed E-state index contributed by atoms with van der Waals surface area (Å²) >= 11 is 0. The minimum Gasteiger partial charge on any atom is -0.370 e. The van der Waals surface area contributed by atoms with Crippen molar-refractivity contribution in [3.8, 4) is 0 Å². The minimum absolute atomic E-state index is 0.103. The lowest BCUT2D eigenvalue weighted by Gasteiger charge is -2.30. The number of amides is 5. The van der Waals surface area contributed by atoms with Gasteiger partial charge in [0, 0.05) is 32.7 Å². The number of benzene rings is 2. The summed E-state index contributed by atoms with van der Waals surface area (Å²) in [6.45, 7) is 0. The number of nitrogens with one attached hydrogen (secondary N) is 3. The second kappa shape index (κ2) is 14.6. The van der Waals surface area contributed by atoms with Gasteiger partial charge in [0.05, 0.1) is 0 Å². The van der Waals surface area contributed by atoms with Crippen molar-refractivity contribution in [2.45, 2.75) is 62.7 Å². The molecule has 3 rings (SSSR count). The van der Waals surface area contributed by atoms with Gasteiger partial charge in [0.25, 0.3) is 0 Å². The lowest BCUT2D eigenvalue weighted by Crippen LogP contribution is -2.57. The molecule has 4 atom stereocenters. The predicted molar refractivity (Wildman–Crippen MR) is 146 cm³/mol. The Kier molecular flexibility index (Phi) is 10.9. The zero-order chi connectivity index (χ0) is 29.1. The smallest absolute Gasteiger partial charge is 0.245 e. The van der Waals surface area contributed by atoms with Gasteiger partial charge in [0.2, 0.25) is 35.8 Å². The Balaban J connectivity index is 1.80. The van der Waals surface area contributed by atoms with Gasteiger partial charge in [-0.05, 0) is 24.0 Å². The molecule has 0 unspecified atom stereocenters. The summed E-state index contributed by atoms with van der Waals surface area (Å²) in [6.07, 6.45) is 2.45. The maximum Gasteiger partial charge on any atom is 0.245 e. The summed E-state index contributed by atoms with van der Waals surface area (Å²) in [5.74, 6) is -2.73. The van der Waals surface area contributed by atoms with Crippen LogP contribution in [0, 0.1) is 0 Å². The number of primary amides is 1. The minimum atomic E-state index is -1.19. The van der Waals surface area contributed by atoms with E-state index < -0.39 is 47.8 Å². The molecule has 0 bridgehead atoms. The maximum atomic E-state index is 13.7. The highest BCUT2D eigenvalue weighted by Crippen LogP contribution is 2.12. The number of carbonyl (C=O) groups excluding carboxylic acids is 6. The van der Waals surface area contributed by atoms with E-state index >= 15 is 0 Å². The number of hydrogen-bond acceptors (Lipinski definition) is 6. The lowest BCUT2D eigenvalue weighted by molar-refractivity contribution is -0.137. The van der Waals surface area contributed by atoms with Gasteiger partial charge in [-0.25, -0.2) is 0 Å². The van der Waals surface area contributed by atoms with Gasteiger partial charge in [-0.3, -0.25) is 28.8 Å². The number of carbonyl (C=O) groups is 5. The summed E-state index contributed by atoms with van der Waals surface area (Å²) < 4.78 is 0. The molecule has 11 heteroatoms. The van der Waals surface area contributed by atoms with E-state index in [0.29, 0.717) is 0 Å². The van der Waals surface area contributed by atoms with E-state index in [-0.39, 0.29) is 44.4 Å². The molecule has 1 heterocycles. The molecule has 11 nitrogen and oxygen atoms in total. The topological polar surface area (TPSA) is 168 Å². The van der Waals surface area contributed by atoms with Crippen LogP contribution in [0.5, 0.6) is 0 Å². The van der Waals surface area contributed by atoms with E-state index in [9.17, 15) is 28.8 Å². The van der Waals surface area contributed by atoms with Crippen molar-refractivity contribution in [2.24, 2.45) is 5.73 Å². The Bertz CT molecular complexity index is 1210. The fourth-order valence-corrected chi connectivity index (χ4v) is 4.46. The van der Waals surface area contributed by atoms with E-state index in [2.05, 4.69) is 16.0 Å². The third-order valence-corrected chi connectivity index (χ3v) is 6.74. The fraction of sp³-hybridized carbons (Fsp3) is 0.379. The molecule has 40 heavy (non-hydrogen) atoms. The fourth-order valence-electron chi connectivity index (χ4n) is 4.46. The number of nitrogens with zero attached hydrogens (tertiary/aromatic N) is 1. The first kappa shape index (κ1) is 30.0. The summed E-state index contributed by atoms with van der Waals surface area (Å²) in [5, 5.41) is 7.82. The van der Waals surface area contributed by atoms with Crippen LogP contribution in [-0.4, -0.2) is 71.9 Å². The molecule has 0 aliphatic carbocycles. The predicted octanol–water partition coefficient (Wildman–Crippen LogP) is -0.0778. The molecule has 1 saturated heterocycles. The molecule has 1 radical (unpaired) electrons. The molecule has 0 aromatic heterocycles. The van der Waals surface area contributed by atoms with Gasteiger partial charge >= 0.3 is 0 Å². The molecule has 2 aromatic carbocycles. The highest BCUT2D eigenvalue weighted by atomic mass is 16.2. The van der Waals surface area contributed by atoms with Crippen molar-refractivity contribution in [3.63, 3.8) is 0 Å². The molecule has 1 aliphatic heterocycles. The largest absolute Gasteiger partial charge is 0.370 e. The highest BCUT2D eigenvalue weighted by molar-refractivity contribution is 5.96. The number of nitrogens with two attached hydrogens (primary N) is 1. The van der Waals surface area contributed by atoms with Gasteiger partial charge in [0.15, 0.2) is 0 Å². The molecule has 0 saturated carbocycles. The zero-order valence-corrected chi connectivity index (χ0v) is 22.3. The van der Waals surface area contributed by atoms with Gasteiger partial charge in [-0.1, -0.05) is 60.7 Å². The zero-order valence-electron chi connectivity index (χ0n) is 22.3. The lowest BCUT2D eigenvalue weighted by atomic mass is 10.0. The van der Waals surface area contributed by atoms with Crippen molar-refractivity contribution in [3.05, 3.63) is 71.8 Å². The summed E-state index contributed by atoms with van der Waals surface area (Å²) in [7, 11) is 1.47. The maximum absolute atomic E-state index is 13.7. The van der Waals surface area contributed by atoms with Crippen LogP contribution in [0.25, 0.3) is 0 Å².